The van der Waals surface area contributed by atoms with Gasteiger partial charge in [0.05, 0.1) is 0 Å². The zero-order chi connectivity index (χ0) is 11.7. The molecule has 90 valence electrons. The Morgan fingerprint density at radius 1 is 1.13 bits per heavy atom. The number of nitrogens with one attached hydrogen (secondary N) is 1. The van der Waals surface area contributed by atoms with Crippen molar-refractivity contribution in [2.75, 3.05) is 0 Å². The first-order valence-electron chi connectivity index (χ1n) is 4.58. The van der Waals surface area contributed by atoms with Crippen LogP contribution in [0.2, 0.25) is 0 Å². The quantitative estimate of drug-likeness (QED) is 0.597. The van der Waals surface area contributed by atoms with Gasteiger partial charge in [0.2, 0.25) is 3.91 Å². The van der Waals surface area contributed by atoms with Crippen LogP contribution in [0.25, 0.3) is 0 Å². The third kappa shape index (κ3) is 3.95. The number of alkyl halides is 6. The van der Waals surface area contributed by atoms with E-state index in [-0.39, 0.29) is 11.4 Å². The minimum Gasteiger partial charge on any atom is -0.279 e. The maximum absolute atomic E-state index is 12.4. The number of hydrogen-bond donors (Lipinski definition) is 1. The molecule has 1 rings (SSSR count). The predicted octanol–water partition coefficient (Wildman–Crippen LogP) is 3.98. The molecule has 0 aromatic carbocycles. The monoisotopic (exact) mass is 327 g/mol. The summed E-state index contributed by atoms with van der Waals surface area (Å²) in [6, 6.07) is -0.238. The summed E-state index contributed by atoms with van der Waals surface area (Å²) in [6.45, 7) is 0. The van der Waals surface area contributed by atoms with Gasteiger partial charge in [0.1, 0.15) is 0 Å². The summed E-state index contributed by atoms with van der Waals surface area (Å²) < 4.78 is 34.7. The lowest BCUT2D eigenvalue weighted by Crippen LogP contribution is -2.52. The maximum Gasteiger partial charge on any atom is 0.430 e. The van der Waals surface area contributed by atoms with E-state index in [2.05, 4.69) is 21.2 Å². The fraction of sp³-hybridized carbons (Fsp3) is 1.00. The summed E-state index contributed by atoms with van der Waals surface area (Å²) in [5.74, 6) is 0. The molecule has 0 bridgehead atoms. The number of rotatable bonds is 2. The van der Waals surface area contributed by atoms with Gasteiger partial charge >= 0.3 is 6.18 Å². The minimum absolute atomic E-state index is 0.0778. The molecule has 0 saturated heterocycles. The second-order valence-corrected chi connectivity index (χ2v) is 6.50. The topological polar surface area (TPSA) is 12.0 Å². The molecule has 0 aliphatic heterocycles. The molecular formula is C8H11BrCl2F3N. The fourth-order valence-electron chi connectivity index (χ4n) is 1.54. The van der Waals surface area contributed by atoms with Gasteiger partial charge in [-0.1, -0.05) is 11.6 Å². The van der Waals surface area contributed by atoms with Crippen LogP contribution in [-0.4, -0.2) is 21.5 Å². The lowest BCUT2D eigenvalue weighted by atomic mass is 9.95. The molecule has 1 aliphatic carbocycles. The van der Waals surface area contributed by atoms with Crippen molar-refractivity contribution in [3.8, 4) is 0 Å². The lowest BCUT2D eigenvalue weighted by molar-refractivity contribution is -0.146. The van der Waals surface area contributed by atoms with Crippen molar-refractivity contribution in [1.82, 2.24) is 5.32 Å². The van der Waals surface area contributed by atoms with Crippen LogP contribution in [0, 0.1) is 0 Å². The number of hydrogen-bond acceptors (Lipinski definition) is 1. The average Bonchev–Trinajstić information content (AvgIpc) is 2.06. The van der Waals surface area contributed by atoms with Crippen LogP contribution in [0.15, 0.2) is 0 Å². The zero-order valence-corrected chi connectivity index (χ0v) is 10.8. The van der Waals surface area contributed by atoms with Crippen LogP contribution < -0.4 is 5.32 Å². The molecule has 7 heteroatoms. The molecule has 1 nitrogen and oxygen atoms in total. The first kappa shape index (κ1) is 13.9. The Morgan fingerprint density at radius 2 is 1.60 bits per heavy atom. The Kier molecular flexibility index (Phi) is 4.61. The van der Waals surface area contributed by atoms with Crippen molar-refractivity contribution in [2.24, 2.45) is 0 Å². The first-order valence-corrected chi connectivity index (χ1v) is 6.19. The van der Waals surface area contributed by atoms with Crippen molar-refractivity contribution in [1.29, 1.82) is 0 Å². The Bertz CT molecular complexity index is 214. The van der Waals surface area contributed by atoms with Crippen LogP contribution in [0.3, 0.4) is 0 Å². The highest BCUT2D eigenvalue weighted by atomic mass is 79.9. The summed E-state index contributed by atoms with van der Waals surface area (Å²) in [6.07, 6.45) is -1.85. The first-order chi connectivity index (χ1) is 6.72. The van der Waals surface area contributed by atoms with Gasteiger partial charge in [0.15, 0.2) is 0 Å². The van der Waals surface area contributed by atoms with Crippen molar-refractivity contribution < 1.29 is 13.2 Å². The standard InChI is InChI=1S/C8H11BrCl2F3N/c9-7(11,8(12,13)14)15-6-3-1-5(10)2-4-6/h5-6,15H,1-4H2. The molecule has 15 heavy (non-hydrogen) atoms. The largest absolute Gasteiger partial charge is 0.430 e. The molecule has 0 aromatic rings. The van der Waals surface area contributed by atoms with E-state index in [0.29, 0.717) is 12.8 Å². The van der Waals surface area contributed by atoms with E-state index in [0.717, 1.165) is 12.8 Å². The van der Waals surface area contributed by atoms with E-state index < -0.39 is 10.1 Å². The van der Waals surface area contributed by atoms with Crippen LogP contribution in [0.1, 0.15) is 25.7 Å². The van der Waals surface area contributed by atoms with Crippen LogP contribution >= 0.6 is 39.1 Å². The predicted molar refractivity (Wildman–Crippen MR) is 58.6 cm³/mol. The molecule has 0 amide bonds. The molecule has 0 spiro atoms. The van der Waals surface area contributed by atoms with Gasteiger partial charge in [-0.05, 0) is 41.6 Å². The summed E-state index contributed by atoms with van der Waals surface area (Å²) in [5, 5.41) is 2.43. The molecule has 0 heterocycles. The lowest BCUT2D eigenvalue weighted by Gasteiger charge is -2.33. The highest BCUT2D eigenvalue weighted by Crippen LogP contribution is 2.40. The van der Waals surface area contributed by atoms with Crippen molar-refractivity contribution >= 4 is 39.1 Å². The highest BCUT2D eigenvalue weighted by Gasteiger charge is 2.53. The molecule has 1 fully saturated rings. The van der Waals surface area contributed by atoms with Gasteiger partial charge in [-0.15, -0.1) is 11.6 Å². The van der Waals surface area contributed by atoms with E-state index in [1.165, 1.54) is 0 Å². The Hall–Kier alpha value is 0.810. The highest BCUT2D eigenvalue weighted by molar-refractivity contribution is 9.10. The molecule has 1 N–H and O–H groups in total. The SMILES string of the molecule is FC(F)(F)C(Cl)(Br)NC1CCC(Cl)CC1. The van der Waals surface area contributed by atoms with Crippen LogP contribution in [0.4, 0.5) is 13.2 Å². The van der Waals surface area contributed by atoms with E-state index in [1.54, 1.807) is 0 Å². The van der Waals surface area contributed by atoms with Gasteiger partial charge in [-0.25, -0.2) is 0 Å². The van der Waals surface area contributed by atoms with E-state index in [1.807, 2.05) is 0 Å². The van der Waals surface area contributed by atoms with E-state index >= 15 is 0 Å². The summed E-state index contributed by atoms with van der Waals surface area (Å²) in [4.78, 5) is 0. The van der Waals surface area contributed by atoms with Crippen LogP contribution in [0.5, 0.6) is 0 Å². The third-order valence-corrected chi connectivity index (χ3v) is 3.84. The van der Waals surface area contributed by atoms with E-state index in [9.17, 15) is 13.2 Å². The summed E-state index contributed by atoms with van der Waals surface area (Å²) in [7, 11) is 0. The normalized spacial score (nSPS) is 32.4. The minimum atomic E-state index is -4.52. The van der Waals surface area contributed by atoms with Crippen molar-refractivity contribution in [3.05, 3.63) is 0 Å². The van der Waals surface area contributed by atoms with Gasteiger partial charge in [0, 0.05) is 11.4 Å². The van der Waals surface area contributed by atoms with Crippen molar-refractivity contribution in [2.45, 2.75) is 47.2 Å². The Morgan fingerprint density at radius 3 is 2.00 bits per heavy atom. The Balaban J connectivity index is 2.48. The molecule has 0 radical (unpaired) electrons. The molecule has 1 aliphatic rings. The Labute approximate surface area is 105 Å². The van der Waals surface area contributed by atoms with Crippen molar-refractivity contribution in [3.63, 3.8) is 0 Å². The molecule has 1 unspecified atom stereocenters. The van der Waals surface area contributed by atoms with Gasteiger partial charge < -0.3 is 0 Å². The summed E-state index contributed by atoms with van der Waals surface area (Å²) in [5.41, 5.74) is 0. The average molecular weight is 329 g/mol. The fourth-order valence-corrected chi connectivity index (χ4v) is 2.27. The second kappa shape index (κ2) is 4.98. The molecule has 1 saturated carbocycles. The van der Waals surface area contributed by atoms with E-state index in [4.69, 9.17) is 23.2 Å². The van der Waals surface area contributed by atoms with Crippen LogP contribution in [-0.2, 0) is 0 Å². The molecule has 0 aromatic heterocycles. The van der Waals surface area contributed by atoms with Gasteiger partial charge in [0.25, 0.3) is 0 Å². The zero-order valence-electron chi connectivity index (χ0n) is 7.75. The molecular weight excluding hydrogens is 318 g/mol. The summed E-state index contributed by atoms with van der Waals surface area (Å²) >= 11 is 13.6. The van der Waals surface area contributed by atoms with Gasteiger partial charge in [-0.2, -0.15) is 13.2 Å². The smallest absolute Gasteiger partial charge is 0.279 e. The second-order valence-electron chi connectivity index (χ2n) is 3.67. The maximum atomic E-state index is 12.4. The third-order valence-electron chi connectivity index (χ3n) is 2.40. The molecule has 1 atom stereocenters. The van der Waals surface area contributed by atoms with Gasteiger partial charge in [-0.3, -0.25) is 5.32 Å². The number of halogens is 6.